The van der Waals surface area contributed by atoms with E-state index in [1.807, 2.05) is 74.5 Å². The molecule has 158 valence electrons. The number of ether oxygens (including phenoxy) is 2. The Labute approximate surface area is 178 Å². The predicted molar refractivity (Wildman–Crippen MR) is 119 cm³/mol. The van der Waals surface area contributed by atoms with Crippen LogP contribution in [0.2, 0.25) is 0 Å². The van der Waals surface area contributed by atoms with Crippen LogP contribution in [0, 0.1) is 13.8 Å². The smallest absolute Gasteiger partial charge is 0.241 e. The maximum atomic E-state index is 13.2. The molecular formula is C24H27NO4S. The summed E-state index contributed by atoms with van der Waals surface area (Å²) >= 11 is 0. The zero-order valence-electron chi connectivity index (χ0n) is 17.7. The molecule has 3 rings (SSSR count). The fourth-order valence-electron chi connectivity index (χ4n) is 3.41. The van der Waals surface area contributed by atoms with E-state index in [0.29, 0.717) is 11.3 Å². The van der Waals surface area contributed by atoms with Gasteiger partial charge in [-0.15, -0.1) is 0 Å². The number of aryl methyl sites for hydroxylation is 2. The molecular weight excluding hydrogens is 398 g/mol. The van der Waals surface area contributed by atoms with Crippen LogP contribution in [-0.4, -0.2) is 22.6 Å². The van der Waals surface area contributed by atoms with Gasteiger partial charge < -0.3 is 9.47 Å². The van der Waals surface area contributed by atoms with Gasteiger partial charge in [0.15, 0.2) is 0 Å². The van der Waals surface area contributed by atoms with Gasteiger partial charge in [0.25, 0.3) is 0 Å². The van der Waals surface area contributed by atoms with Crippen molar-refractivity contribution in [2.75, 3.05) is 14.2 Å². The minimum atomic E-state index is -3.71. The molecule has 5 nitrogen and oxygen atoms in total. The number of hydrogen-bond acceptors (Lipinski definition) is 4. The van der Waals surface area contributed by atoms with Crippen LogP contribution < -0.4 is 14.2 Å². The van der Waals surface area contributed by atoms with E-state index >= 15 is 0 Å². The first-order valence-corrected chi connectivity index (χ1v) is 11.2. The van der Waals surface area contributed by atoms with E-state index < -0.39 is 16.1 Å². The molecule has 0 radical (unpaired) electrons. The fraction of sp³-hybridized carbons (Fsp3) is 0.250. The number of benzene rings is 3. The Morgan fingerprint density at radius 3 is 1.93 bits per heavy atom. The third-order valence-corrected chi connectivity index (χ3v) is 6.67. The summed E-state index contributed by atoms with van der Waals surface area (Å²) in [6.45, 7) is 3.76. The van der Waals surface area contributed by atoms with Crippen molar-refractivity contribution in [3.05, 3.63) is 89.0 Å². The third kappa shape index (κ3) is 5.20. The molecule has 1 atom stereocenters. The molecule has 0 fully saturated rings. The minimum Gasteiger partial charge on any atom is -0.497 e. The number of hydrogen-bond donors (Lipinski definition) is 1. The Balaban J connectivity index is 1.94. The lowest BCUT2D eigenvalue weighted by molar-refractivity contribution is 0.414. The largest absolute Gasteiger partial charge is 0.497 e. The molecule has 0 aliphatic carbocycles. The maximum absolute atomic E-state index is 13.2. The van der Waals surface area contributed by atoms with Gasteiger partial charge in [0.2, 0.25) is 10.0 Å². The average Bonchev–Trinajstić information content (AvgIpc) is 2.73. The summed E-state index contributed by atoms with van der Waals surface area (Å²) in [6.07, 6.45) is 0.500. The molecule has 30 heavy (non-hydrogen) atoms. The van der Waals surface area contributed by atoms with Gasteiger partial charge in [-0.05, 0) is 67.3 Å². The molecule has 3 aromatic rings. The molecule has 1 N–H and O–H groups in total. The van der Waals surface area contributed by atoms with Crippen molar-refractivity contribution in [1.82, 2.24) is 4.72 Å². The summed E-state index contributed by atoms with van der Waals surface area (Å²) in [5.74, 6) is 1.48. The third-order valence-electron chi connectivity index (χ3n) is 5.03. The second kappa shape index (κ2) is 9.32. The molecule has 6 heteroatoms. The van der Waals surface area contributed by atoms with E-state index in [1.54, 1.807) is 20.3 Å². The van der Waals surface area contributed by atoms with Crippen molar-refractivity contribution in [3.8, 4) is 11.5 Å². The molecule has 0 aliphatic heterocycles. The van der Waals surface area contributed by atoms with Crippen molar-refractivity contribution >= 4 is 10.0 Å². The Morgan fingerprint density at radius 2 is 1.40 bits per heavy atom. The van der Waals surface area contributed by atoms with E-state index in [9.17, 15) is 8.42 Å². The quantitative estimate of drug-likeness (QED) is 0.574. The second-order valence-corrected chi connectivity index (χ2v) is 8.95. The normalized spacial score (nSPS) is 12.4. The highest BCUT2D eigenvalue weighted by atomic mass is 32.2. The van der Waals surface area contributed by atoms with Crippen LogP contribution in [0.15, 0.2) is 71.6 Å². The van der Waals surface area contributed by atoms with Crippen molar-refractivity contribution < 1.29 is 17.9 Å². The second-order valence-electron chi connectivity index (χ2n) is 7.27. The summed E-state index contributed by atoms with van der Waals surface area (Å²) in [7, 11) is -0.487. The van der Waals surface area contributed by atoms with Crippen LogP contribution in [0.1, 0.15) is 28.3 Å². The van der Waals surface area contributed by atoms with Crippen molar-refractivity contribution in [2.24, 2.45) is 0 Å². The lowest BCUT2D eigenvalue weighted by Gasteiger charge is -2.21. The molecule has 0 spiro atoms. The molecule has 0 saturated carbocycles. The molecule has 0 aliphatic rings. The minimum absolute atomic E-state index is 0.293. The highest BCUT2D eigenvalue weighted by molar-refractivity contribution is 7.89. The Morgan fingerprint density at radius 1 is 0.833 bits per heavy atom. The SMILES string of the molecule is COc1ccc(CC(NS(=O)(=O)c2ccc(C)cc2C)c2ccc(OC)cc2)cc1. The lowest BCUT2D eigenvalue weighted by Crippen LogP contribution is -2.30. The van der Waals surface area contributed by atoms with Gasteiger partial charge in [-0.1, -0.05) is 42.0 Å². The molecule has 3 aromatic carbocycles. The van der Waals surface area contributed by atoms with Gasteiger partial charge in [0, 0.05) is 0 Å². The van der Waals surface area contributed by atoms with Crippen molar-refractivity contribution in [3.63, 3.8) is 0 Å². The molecule has 0 amide bonds. The number of nitrogens with one attached hydrogen (secondary N) is 1. The van der Waals surface area contributed by atoms with Crippen LogP contribution in [0.4, 0.5) is 0 Å². The first-order chi connectivity index (χ1) is 14.3. The number of rotatable bonds is 8. The summed E-state index contributed by atoms with van der Waals surface area (Å²) in [5, 5.41) is 0. The summed E-state index contributed by atoms with van der Waals surface area (Å²) in [6, 6.07) is 20.0. The van der Waals surface area contributed by atoms with Crippen molar-refractivity contribution in [1.29, 1.82) is 0 Å². The standard InChI is InChI=1S/C24H27NO4S/c1-17-5-14-24(18(2)15-17)30(26,27)25-23(20-8-12-22(29-4)13-9-20)16-19-6-10-21(28-3)11-7-19/h5-15,23,25H,16H2,1-4H3. The molecule has 0 heterocycles. The van der Waals surface area contributed by atoms with E-state index in [0.717, 1.165) is 33.8 Å². The molecule has 0 aromatic heterocycles. The topological polar surface area (TPSA) is 64.6 Å². The Hall–Kier alpha value is -2.83. The summed E-state index contributed by atoms with van der Waals surface area (Å²) in [4.78, 5) is 0.293. The van der Waals surface area contributed by atoms with E-state index in [-0.39, 0.29) is 0 Å². The van der Waals surface area contributed by atoms with Gasteiger partial charge in [0.05, 0.1) is 25.2 Å². The Bertz CT molecular complexity index is 1090. The van der Waals surface area contributed by atoms with Gasteiger partial charge in [-0.2, -0.15) is 0 Å². The van der Waals surface area contributed by atoms with Crippen LogP contribution in [-0.2, 0) is 16.4 Å². The van der Waals surface area contributed by atoms with Gasteiger partial charge in [-0.3, -0.25) is 0 Å². The number of sulfonamides is 1. The summed E-state index contributed by atoms with van der Waals surface area (Å²) in [5.41, 5.74) is 3.61. The summed E-state index contributed by atoms with van der Waals surface area (Å²) < 4.78 is 39.8. The monoisotopic (exact) mass is 425 g/mol. The van der Waals surface area contributed by atoms with E-state index in [1.165, 1.54) is 0 Å². The molecule has 0 bridgehead atoms. The maximum Gasteiger partial charge on any atom is 0.241 e. The van der Waals surface area contributed by atoms with Gasteiger partial charge >= 0.3 is 0 Å². The molecule has 1 unspecified atom stereocenters. The Kier molecular flexibility index (Phi) is 6.80. The lowest BCUT2D eigenvalue weighted by atomic mass is 9.99. The fourth-order valence-corrected chi connectivity index (χ4v) is 4.86. The van der Waals surface area contributed by atoms with E-state index in [2.05, 4.69) is 4.72 Å². The highest BCUT2D eigenvalue weighted by Crippen LogP contribution is 2.26. The van der Waals surface area contributed by atoms with Crippen LogP contribution >= 0.6 is 0 Å². The highest BCUT2D eigenvalue weighted by Gasteiger charge is 2.23. The first-order valence-electron chi connectivity index (χ1n) is 9.69. The van der Waals surface area contributed by atoms with Crippen LogP contribution in [0.5, 0.6) is 11.5 Å². The van der Waals surface area contributed by atoms with Gasteiger partial charge in [0.1, 0.15) is 11.5 Å². The number of methoxy groups -OCH3 is 2. The zero-order chi connectivity index (χ0) is 21.7. The van der Waals surface area contributed by atoms with Crippen molar-refractivity contribution in [2.45, 2.75) is 31.2 Å². The van der Waals surface area contributed by atoms with Crippen LogP contribution in [0.3, 0.4) is 0 Å². The van der Waals surface area contributed by atoms with Crippen LogP contribution in [0.25, 0.3) is 0 Å². The zero-order valence-corrected chi connectivity index (χ0v) is 18.5. The molecule has 0 saturated heterocycles. The predicted octanol–water partition coefficient (Wildman–Crippen LogP) is 4.58. The average molecular weight is 426 g/mol. The van der Waals surface area contributed by atoms with E-state index in [4.69, 9.17) is 9.47 Å². The van der Waals surface area contributed by atoms with Gasteiger partial charge in [-0.25, -0.2) is 13.1 Å². The first kappa shape index (κ1) is 21.9.